The minimum atomic E-state index is 0.712. The van der Waals surface area contributed by atoms with Crippen molar-refractivity contribution >= 4 is 72.4 Å². The van der Waals surface area contributed by atoms with Crippen molar-refractivity contribution in [2.75, 3.05) is 4.90 Å². The Kier molecular flexibility index (Phi) is 7.45. The maximum absolute atomic E-state index is 6.37. The van der Waals surface area contributed by atoms with Crippen molar-refractivity contribution in [3.8, 4) is 28.0 Å². The summed E-state index contributed by atoms with van der Waals surface area (Å²) in [6.07, 6.45) is 2.02. The molecule has 2 heterocycles. The van der Waals surface area contributed by atoms with Crippen molar-refractivity contribution < 1.29 is 9.15 Å². The van der Waals surface area contributed by atoms with E-state index in [9.17, 15) is 0 Å². The molecule has 0 bridgehead atoms. The number of hydrogen-bond donors (Lipinski definition) is 0. The van der Waals surface area contributed by atoms with E-state index in [1.54, 1.807) is 0 Å². The standard InChI is InChI=1S/C53H33NO2/c1-3-10-35(11-4-1)40-15-9-16-43(32-40)54(44-26-22-38-19-18-37-12-7-8-17-45(37)47(38)34-44)42-24-20-36(21-25-42)41-23-28-51-48(33-41)53-46-27-29-49(39-13-5-2-6-14-39)55-50(46)30-31-52(53)56-51/h1-28,30-34H. The summed E-state index contributed by atoms with van der Waals surface area (Å²) in [7, 11) is 0. The Morgan fingerprint density at radius 1 is 0.393 bits per heavy atom. The number of nitrogens with zero attached hydrogens (tertiary/aromatic N) is 1. The molecule has 0 atom stereocenters. The van der Waals surface area contributed by atoms with Crippen molar-refractivity contribution in [3.05, 3.63) is 211 Å². The number of fused-ring (bicyclic) bond motifs is 8. The molecule has 0 spiro atoms. The van der Waals surface area contributed by atoms with Gasteiger partial charge in [0.2, 0.25) is 0 Å². The molecule has 0 saturated heterocycles. The first kappa shape index (κ1) is 31.9. The van der Waals surface area contributed by atoms with Crippen LogP contribution in [0.25, 0.3) is 77.6 Å². The summed E-state index contributed by atoms with van der Waals surface area (Å²) in [5, 5.41) is 7.02. The van der Waals surface area contributed by atoms with Gasteiger partial charge in [-0.3, -0.25) is 0 Å². The molecule has 10 aromatic rings. The van der Waals surface area contributed by atoms with Crippen LogP contribution in [0.4, 0.5) is 17.1 Å². The molecule has 3 nitrogen and oxygen atoms in total. The highest BCUT2D eigenvalue weighted by molar-refractivity contribution is 6.12. The van der Waals surface area contributed by atoms with E-state index in [1.165, 1.54) is 32.7 Å². The lowest BCUT2D eigenvalue weighted by molar-refractivity contribution is 0.513. The van der Waals surface area contributed by atoms with Gasteiger partial charge in [0.15, 0.2) is 5.76 Å². The molecule has 0 saturated carbocycles. The van der Waals surface area contributed by atoms with Crippen LogP contribution in [0.2, 0.25) is 0 Å². The molecule has 9 aromatic carbocycles. The van der Waals surface area contributed by atoms with Gasteiger partial charge in [0.05, 0.1) is 0 Å². The molecule has 1 aromatic heterocycles. The van der Waals surface area contributed by atoms with Gasteiger partial charge in [0, 0.05) is 39.0 Å². The zero-order valence-corrected chi connectivity index (χ0v) is 30.3. The minimum Gasteiger partial charge on any atom is -0.456 e. The van der Waals surface area contributed by atoms with Crippen LogP contribution in [0.3, 0.4) is 0 Å². The summed E-state index contributed by atoms with van der Waals surface area (Å²) in [4.78, 5) is 2.36. The number of furan rings is 1. The van der Waals surface area contributed by atoms with Crippen molar-refractivity contribution in [2.24, 2.45) is 0 Å². The Hall–Kier alpha value is -7.58. The highest BCUT2D eigenvalue weighted by atomic mass is 16.5. The molecule has 1 aliphatic heterocycles. The molecular weight excluding hydrogens is 683 g/mol. The SMILES string of the molecule is C1=Cc2c(ccc3oc4ccc(-c5ccc(N(c6cccc(-c7ccccc7)c6)c6ccc7ccc8ccccc8c7c6)cc5)cc4c23)OC=1c1ccccc1. The van der Waals surface area contributed by atoms with E-state index >= 15 is 0 Å². The molecule has 0 aliphatic carbocycles. The maximum Gasteiger partial charge on any atom is 0.176 e. The molecule has 0 radical (unpaired) electrons. The summed E-state index contributed by atoms with van der Waals surface area (Å²) >= 11 is 0. The molecule has 56 heavy (non-hydrogen) atoms. The van der Waals surface area contributed by atoms with Gasteiger partial charge < -0.3 is 14.1 Å². The lowest BCUT2D eigenvalue weighted by atomic mass is 9.99. The smallest absolute Gasteiger partial charge is 0.176 e. The van der Waals surface area contributed by atoms with Crippen LogP contribution in [0.15, 0.2) is 204 Å². The fourth-order valence-corrected chi connectivity index (χ4v) is 8.13. The number of benzene rings is 9. The van der Waals surface area contributed by atoms with E-state index in [2.05, 4.69) is 162 Å². The first-order valence-electron chi connectivity index (χ1n) is 18.9. The van der Waals surface area contributed by atoms with Crippen LogP contribution >= 0.6 is 0 Å². The third-order valence-electron chi connectivity index (χ3n) is 10.9. The summed E-state index contributed by atoms with van der Waals surface area (Å²) in [5.74, 6) is 1.51. The summed E-state index contributed by atoms with van der Waals surface area (Å²) < 4.78 is 12.7. The van der Waals surface area contributed by atoms with Gasteiger partial charge in [-0.1, -0.05) is 139 Å². The van der Waals surface area contributed by atoms with Gasteiger partial charge >= 0.3 is 0 Å². The summed E-state index contributed by atoms with van der Waals surface area (Å²) in [6, 6.07) is 68.7. The van der Waals surface area contributed by atoms with Crippen molar-refractivity contribution in [1.82, 2.24) is 0 Å². The summed E-state index contributed by atoms with van der Waals surface area (Å²) in [5.41, 5.74) is 14.9. The Labute approximate surface area is 324 Å². The minimum absolute atomic E-state index is 0.712. The third-order valence-corrected chi connectivity index (χ3v) is 10.9. The number of hydrogen-bond acceptors (Lipinski definition) is 3. The van der Waals surface area contributed by atoms with E-state index in [0.29, 0.717) is 5.76 Å². The lowest BCUT2D eigenvalue weighted by Crippen LogP contribution is -2.10. The molecule has 0 amide bonds. The molecule has 11 rings (SSSR count). The van der Waals surface area contributed by atoms with Crippen LogP contribution < -0.4 is 9.64 Å². The summed E-state index contributed by atoms with van der Waals surface area (Å²) in [6.45, 7) is 0. The molecule has 0 N–H and O–H groups in total. The molecule has 3 heteroatoms. The predicted molar refractivity (Wildman–Crippen MR) is 233 cm³/mol. The van der Waals surface area contributed by atoms with Crippen LogP contribution in [-0.4, -0.2) is 0 Å². The van der Waals surface area contributed by atoms with Gasteiger partial charge in [0.25, 0.3) is 0 Å². The van der Waals surface area contributed by atoms with Crippen molar-refractivity contribution in [2.45, 2.75) is 0 Å². The van der Waals surface area contributed by atoms with Gasteiger partial charge in [-0.05, 0) is 111 Å². The quantitative estimate of drug-likeness (QED) is 0.127. The highest BCUT2D eigenvalue weighted by Crippen LogP contribution is 2.43. The number of anilines is 3. The first-order valence-corrected chi connectivity index (χ1v) is 18.9. The molecular formula is C53H33NO2. The largest absolute Gasteiger partial charge is 0.456 e. The Bertz CT molecular complexity index is 3190. The molecule has 0 unspecified atom stereocenters. The van der Waals surface area contributed by atoms with E-state index in [0.717, 1.165) is 67.0 Å². The fraction of sp³-hybridized carbons (Fsp3) is 0. The third kappa shape index (κ3) is 5.46. The Morgan fingerprint density at radius 3 is 1.86 bits per heavy atom. The molecule has 0 fully saturated rings. The molecule has 1 aliphatic rings. The number of ether oxygens (including phenoxy) is 1. The number of rotatable bonds is 6. The predicted octanol–water partition coefficient (Wildman–Crippen LogP) is 14.7. The second kappa shape index (κ2) is 13.1. The topological polar surface area (TPSA) is 25.6 Å². The second-order valence-electron chi connectivity index (χ2n) is 14.2. The monoisotopic (exact) mass is 715 g/mol. The normalized spacial score (nSPS) is 12.2. The van der Waals surface area contributed by atoms with Crippen molar-refractivity contribution in [3.63, 3.8) is 0 Å². The maximum atomic E-state index is 6.37. The van der Waals surface area contributed by atoms with E-state index in [1.807, 2.05) is 48.5 Å². The van der Waals surface area contributed by atoms with E-state index in [4.69, 9.17) is 9.15 Å². The van der Waals surface area contributed by atoms with Gasteiger partial charge in [0.1, 0.15) is 16.9 Å². The zero-order chi connectivity index (χ0) is 37.0. The van der Waals surface area contributed by atoms with Crippen LogP contribution in [-0.2, 0) is 0 Å². The van der Waals surface area contributed by atoms with Gasteiger partial charge in [-0.25, -0.2) is 0 Å². The van der Waals surface area contributed by atoms with Gasteiger partial charge in [-0.2, -0.15) is 0 Å². The van der Waals surface area contributed by atoms with Crippen LogP contribution in [0.5, 0.6) is 5.75 Å². The average Bonchev–Trinajstić information content (AvgIpc) is 3.66. The van der Waals surface area contributed by atoms with E-state index in [-0.39, 0.29) is 0 Å². The Balaban J connectivity index is 1.01. The molecule has 262 valence electrons. The van der Waals surface area contributed by atoms with Crippen LogP contribution in [0, 0.1) is 0 Å². The average molecular weight is 716 g/mol. The lowest BCUT2D eigenvalue weighted by Gasteiger charge is -2.27. The zero-order valence-electron chi connectivity index (χ0n) is 30.3. The highest BCUT2D eigenvalue weighted by Gasteiger charge is 2.20. The van der Waals surface area contributed by atoms with Crippen molar-refractivity contribution in [1.29, 1.82) is 0 Å². The Morgan fingerprint density at radius 2 is 1.02 bits per heavy atom. The van der Waals surface area contributed by atoms with Gasteiger partial charge in [-0.15, -0.1) is 0 Å². The van der Waals surface area contributed by atoms with Crippen LogP contribution in [0.1, 0.15) is 11.1 Å². The fourth-order valence-electron chi connectivity index (χ4n) is 8.13. The van der Waals surface area contributed by atoms with E-state index < -0.39 is 0 Å². The second-order valence-corrected chi connectivity index (χ2v) is 14.2. The first-order chi connectivity index (χ1) is 27.7.